The summed E-state index contributed by atoms with van der Waals surface area (Å²) in [5, 5.41) is 0. The summed E-state index contributed by atoms with van der Waals surface area (Å²) in [5.74, 6) is -0.107. The van der Waals surface area contributed by atoms with Gasteiger partial charge in [0.1, 0.15) is 6.04 Å². The predicted molar refractivity (Wildman–Crippen MR) is 70.9 cm³/mol. The number of likely N-dealkylation sites (tertiary alicyclic amines) is 1. The van der Waals surface area contributed by atoms with Gasteiger partial charge in [-0.2, -0.15) is 0 Å². The Morgan fingerprint density at radius 1 is 1.50 bits per heavy atom. The first-order valence-corrected chi connectivity index (χ1v) is 6.46. The van der Waals surface area contributed by atoms with E-state index in [0.717, 1.165) is 37.2 Å². The topological polar surface area (TPSA) is 55.6 Å². The van der Waals surface area contributed by atoms with Gasteiger partial charge in [-0.3, -0.25) is 9.69 Å². The first-order valence-electron chi connectivity index (χ1n) is 6.46. The third kappa shape index (κ3) is 2.82. The van der Waals surface area contributed by atoms with E-state index in [4.69, 9.17) is 10.5 Å². The van der Waals surface area contributed by atoms with E-state index in [2.05, 4.69) is 4.90 Å². The number of hydrogen-bond acceptors (Lipinski definition) is 4. The number of benzene rings is 1. The number of nitrogens with two attached hydrogens (primary N) is 1. The summed E-state index contributed by atoms with van der Waals surface area (Å²) in [4.78, 5) is 14.0. The van der Waals surface area contributed by atoms with Crippen LogP contribution in [0.15, 0.2) is 24.3 Å². The van der Waals surface area contributed by atoms with Crippen LogP contribution in [0.5, 0.6) is 0 Å². The second kappa shape index (κ2) is 5.87. The quantitative estimate of drug-likeness (QED) is 0.652. The second-order valence-electron chi connectivity index (χ2n) is 4.58. The van der Waals surface area contributed by atoms with E-state index in [0.29, 0.717) is 6.61 Å². The van der Waals surface area contributed by atoms with Gasteiger partial charge in [-0.25, -0.2) is 0 Å². The van der Waals surface area contributed by atoms with Gasteiger partial charge in [-0.15, -0.1) is 0 Å². The van der Waals surface area contributed by atoms with Crippen molar-refractivity contribution >= 4 is 11.7 Å². The Balaban J connectivity index is 2.04. The van der Waals surface area contributed by atoms with Gasteiger partial charge in [0, 0.05) is 12.2 Å². The molecule has 98 valence electrons. The smallest absolute Gasteiger partial charge is 0.323 e. The van der Waals surface area contributed by atoms with Gasteiger partial charge in [-0.05, 0) is 37.9 Å². The number of para-hydroxylation sites is 1. The molecule has 1 unspecified atom stereocenters. The van der Waals surface area contributed by atoms with Gasteiger partial charge in [-0.1, -0.05) is 18.2 Å². The standard InChI is InChI=1S/C14H20N2O2/c1-2-18-14(17)13-8-5-9-16(13)10-11-6-3-4-7-12(11)15/h3-4,6-7,13H,2,5,8-10,15H2,1H3. The van der Waals surface area contributed by atoms with Crippen molar-refractivity contribution in [2.24, 2.45) is 0 Å². The van der Waals surface area contributed by atoms with Gasteiger partial charge in [0.15, 0.2) is 0 Å². The maximum absolute atomic E-state index is 11.8. The number of nitrogen functional groups attached to an aromatic ring is 1. The Morgan fingerprint density at radius 3 is 3.00 bits per heavy atom. The number of nitrogens with zero attached hydrogens (tertiary/aromatic N) is 1. The Kier molecular flexibility index (Phi) is 4.20. The van der Waals surface area contributed by atoms with Crippen LogP contribution in [0.3, 0.4) is 0 Å². The van der Waals surface area contributed by atoms with Crippen LogP contribution < -0.4 is 5.73 Å². The SMILES string of the molecule is CCOC(=O)C1CCCN1Cc1ccccc1N. The zero-order valence-corrected chi connectivity index (χ0v) is 10.8. The minimum absolute atomic E-state index is 0.107. The lowest BCUT2D eigenvalue weighted by Crippen LogP contribution is -2.37. The van der Waals surface area contributed by atoms with Crippen molar-refractivity contribution in [1.82, 2.24) is 4.90 Å². The summed E-state index contributed by atoms with van der Waals surface area (Å²) in [6.07, 6.45) is 1.92. The molecule has 2 N–H and O–H groups in total. The van der Waals surface area contributed by atoms with Crippen molar-refractivity contribution < 1.29 is 9.53 Å². The highest BCUT2D eigenvalue weighted by atomic mass is 16.5. The van der Waals surface area contributed by atoms with Crippen molar-refractivity contribution in [3.8, 4) is 0 Å². The summed E-state index contributed by atoms with van der Waals surface area (Å²) >= 11 is 0. The molecule has 1 aliphatic rings. The third-order valence-electron chi connectivity index (χ3n) is 3.35. The van der Waals surface area contributed by atoms with Crippen LogP contribution >= 0.6 is 0 Å². The lowest BCUT2D eigenvalue weighted by Gasteiger charge is -2.23. The first-order chi connectivity index (χ1) is 8.72. The van der Waals surface area contributed by atoms with Crippen molar-refractivity contribution in [3.05, 3.63) is 29.8 Å². The lowest BCUT2D eigenvalue weighted by molar-refractivity contribution is -0.148. The zero-order chi connectivity index (χ0) is 13.0. The summed E-state index contributed by atoms with van der Waals surface area (Å²) in [5.41, 5.74) is 7.80. The number of ether oxygens (including phenoxy) is 1. The fraction of sp³-hybridized carbons (Fsp3) is 0.500. The highest BCUT2D eigenvalue weighted by Crippen LogP contribution is 2.23. The minimum Gasteiger partial charge on any atom is -0.465 e. The molecule has 1 heterocycles. The number of hydrogen-bond donors (Lipinski definition) is 1. The van der Waals surface area contributed by atoms with Gasteiger partial charge in [0.2, 0.25) is 0 Å². The highest BCUT2D eigenvalue weighted by molar-refractivity contribution is 5.76. The van der Waals surface area contributed by atoms with E-state index >= 15 is 0 Å². The molecule has 0 amide bonds. The predicted octanol–water partition coefficient (Wildman–Crippen LogP) is 1.80. The van der Waals surface area contributed by atoms with Crippen LogP contribution in [0.4, 0.5) is 5.69 Å². The minimum atomic E-state index is -0.107. The van der Waals surface area contributed by atoms with Gasteiger partial charge >= 0.3 is 5.97 Å². The van der Waals surface area contributed by atoms with Crippen molar-refractivity contribution in [2.45, 2.75) is 32.4 Å². The Hall–Kier alpha value is -1.55. The molecular weight excluding hydrogens is 228 g/mol. The molecule has 1 fully saturated rings. The van der Waals surface area contributed by atoms with E-state index in [-0.39, 0.29) is 12.0 Å². The van der Waals surface area contributed by atoms with Crippen molar-refractivity contribution in [2.75, 3.05) is 18.9 Å². The van der Waals surface area contributed by atoms with Crippen LogP contribution in [0, 0.1) is 0 Å². The van der Waals surface area contributed by atoms with Gasteiger partial charge in [0.05, 0.1) is 6.61 Å². The number of carbonyl (C=O) groups is 1. The van der Waals surface area contributed by atoms with E-state index in [1.165, 1.54) is 0 Å². The number of anilines is 1. The summed E-state index contributed by atoms with van der Waals surface area (Å²) in [6.45, 7) is 3.93. The average Bonchev–Trinajstić information content (AvgIpc) is 2.81. The average molecular weight is 248 g/mol. The largest absolute Gasteiger partial charge is 0.465 e. The molecule has 0 spiro atoms. The number of carbonyl (C=O) groups excluding carboxylic acids is 1. The Morgan fingerprint density at radius 2 is 2.28 bits per heavy atom. The molecular formula is C14H20N2O2. The van der Waals surface area contributed by atoms with Crippen LogP contribution in [0.1, 0.15) is 25.3 Å². The molecule has 1 atom stereocenters. The molecule has 4 nitrogen and oxygen atoms in total. The number of rotatable bonds is 4. The summed E-state index contributed by atoms with van der Waals surface area (Å²) in [6, 6.07) is 7.69. The maximum atomic E-state index is 11.8. The molecule has 0 bridgehead atoms. The molecule has 0 radical (unpaired) electrons. The van der Waals surface area contributed by atoms with Crippen LogP contribution in [-0.4, -0.2) is 30.1 Å². The second-order valence-corrected chi connectivity index (χ2v) is 4.58. The van der Waals surface area contributed by atoms with Crippen LogP contribution in [0.2, 0.25) is 0 Å². The molecule has 4 heteroatoms. The monoisotopic (exact) mass is 248 g/mol. The Labute approximate surface area is 108 Å². The fourth-order valence-corrected chi connectivity index (χ4v) is 2.42. The number of esters is 1. The van der Waals surface area contributed by atoms with Crippen LogP contribution in [-0.2, 0) is 16.1 Å². The van der Waals surface area contributed by atoms with Gasteiger partial charge < -0.3 is 10.5 Å². The normalized spacial score (nSPS) is 19.9. The van der Waals surface area contributed by atoms with Gasteiger partial charge in [0.25, 0.3) is 0 Å². The molecule has 2 rings (SSSR count). The molecule has 1 aromatic carbocycles. The van der Waals surface area contributed by atoms with Crippen molar-refractivity contribution in [1.29, 1.82) is 0 Å². The summed E-state index contributed by atoms with van der Waals surface area (Å²) < 4.78 is 5.11. The van der Waals surface area contributed by atoms with E-state index in [1.807, 2.05) is 31.2 Å². The molecule has 18 heavy (non-hydrogen) atoms. The fourth-order valence-electron chi connectivity index (χ4n) is 2.42. The molecule has 0 aliphatic carbocycles. The molecule has 0 saturated carbocycles. The molecule has 1 aromatic rings. The zero-order valence-electron chi connectivity index (χ0n) is 10.8. The van der Waals surface area contributed by atoms with E-state index in [9.17, 15) is 4.79 Å². The molecule has 0 aromatic heterocycles. The van der Waals surface area contributed by atoms with Crippen LogP contribution in [0.25, 0.3) is 0 Å². The lowest BCUT2D eigenvalue weighted by atomic mass is 10.1. The maximum Gasteiger partial charge on any atom is 0.323 e. The third-order valence-corrected chi connectivity index (χ3v) is 3.35. The van der Waals surface area contributed by atoms with Crippen molar-refractivity contribution in [3.63, 3.8) is 0 Å². The highest BCUT2D eigenvalue weighted by Gasteiger charge is 2.31. The molecule has 1 saturated heterocycles. The first kappa shape index (κ1) is 12.9. The Bertz CT molecular complexity index is 420. The van der Waals surface area contributed by atoms with E-state index in [1.54, 1.807) is 0 Å². The summed E-state index contributed by atoms with van der Waals surface area (Å²) in [7, 11) is 0. The molecule has 1 aliphatic heterocycles. The van der Waals surface area contributed by atoms with E-state index < -0.39 is 0 Å².